The Balaban J connectivity index is 2.35. The number of aliphatic hydroxyl groups is 1. The average molecular weight is 277 g/mol. The lowest BCUT2D eigenvalue weighted by Crippen LogP contribution is -2.39. The van der Waals surface area contributed by atoms with Gasteiger partial charge in [0, 0.05) is 5.69 Å². The lowest BCUT2D eigenvalue weighted by molar-refractivity contribution is 0.246. The molecule has 94 valence electrons. The van der Waals surface area contributed by atoms with Gasteiger partial charge < -0.3 is 10.8 Å². The zero-order valence-electron chi connectivity index (χ0n) is 8.98. The van der Waals surface area contributed by atoms with Crippen LogP contribution in [0.1, 0.15) is 12.8 Å². The van der Waals surface area contributed by atoms with Crippen LogP contribution in [0.5, 0.6) is 0 Å². The lowest BCUT2D eigenvalue weighted by Gasteiger charge is -2.15. The molecule has 17 heavy (non-hydrogen) atoms. The van der Waals surface area contributed by atoms with E-state index in [0.29, 0.717) is 18.5 Å². The number of rotatable bonds is 4. The summed E-state index contributed by atoms with van der Waals surface area (Å²) in [5, 5.41) is 9.22. The molecule has 2 rings (SSSR count). The molecule has 7 heteroatoms. The molecule has 1 fully saturated rings. The van der Waals surface area contributed by atoms with Gasteiger partial charge in [0.05, 0.1) is 17.2 Å². The molecule has 0 unspecified atom stereocenters. The molecule has 4 N–H and O–H groups in total. The third kappa shape index (κ3) is 2.55. The average Bonchev–Trinajstić information content (AvgIpc) is 3.01. The van der Waals surface area contributed by atoms with E-state index in [0.717, 1.165) is 0 Å². The Hall–Kier alpha value is -0.820. The Morgan fingerprint density at radius 1 is 1.47 bits per heavy atom. The molecule has 0 atom stereocenters. The fourth-order valence-electron chi connectivity index (χ4n) is 1.51. The molecule has 0 bridgehead atoms. The Morgan fingerprint density at radius 2 is 2.12 bits per heavy atom. The van der Waals surface area contributed by atoms with Crippen LogP contribution in [0.4, 0.5) is 5.69 Å². The summed E-state index contributed by atoms with van der Waals surface area (Å²) < 4.78 is 26.6. The highest BCUT2D eigenvalue weighted by molar-refractivity contribution is 7.89. The summed E-state index contributed by atoms with van der Waals surface area (Å²) in [5.74, 6) is 0. The van der Waals surface area contributed by atoms with Gasteiger partial charge in [-0.3, -0.25) is 0 Å². The maximum atomic E-state index is 12.1. The van der Waals surface area contributed by atoms with Gasteiger partial charge in [-0.25, -0.2) is 13.1 Å². The first-order chi connectivity index (χ1) is 7.88. The van der Waals surface area contributed by atoms with Crippen LogP contribution in [-0.4, -0.2) is 25.7 Å². The number of nitrogens with one attached hydrogen (secondary N) is 1. The van der Waals surface area contributed by atoms with Gasteiger partial charge in [0.25, 0.3) is 0 Å². The minimum Gasteiger partial charge on any atom is -0.399 e. The van der Waals surface area contributed by atoms with E-state index < -0.39 is 15.6 Å². The van der Waals surface area contributed by atoms with Gasteiger partial charge in [-0.05, 0) is 31.0 Å². The summed E-state index contributed by atoms with van der Waals surface area (Å²) >= 11 is 5.84. The number of sulfonamides is 1. The largest absolute Gasteiger partial charge is 0.399 e. The van der Waals surface area contributed by atoms with Gasteiger partial charge in [0.15, 0.2) is 0 Å². The number of hydrogen-bond donors (Lipinski definition) is 3. The van der Waals surface area contributed by atoms with Crippen LogP contribution in [0.25, 0.3) is 0 Å². The van der Waals surface area contributed by atoms with E-state index in [9.17, 15) is 8.42 Å². The first-order valence-electron chi connectivity index (χ1n) is 5.08. The molecule has 0 amide bonds. The van der Waals surface area contributed by atoms with E-state index in [1.165, 1.54) is 18.2 Å². The van der Waals surface area contributed by atoms with E-state index >= 15 is 0 Å². The van der Waals surface area contributed by atoms with E-state index in [-0.39, 0.29) is 16.5 Å². The molecule has 0 spiro atoms. The van der Waals surface area contributed by atoms with Crippen LogP contribution in [-0.2, 0) is 10.0 Å². The maximum absolute atomic E-state index is 12.1. The Kier molecular flexibility index (Phi) is 3.07. The van der Waals surface area contributed by atoms with Crippen molar-refractivity contribution in [3.8, 4) is 0 Å². The highest BCUT2D eigenvalue weighted by Crippen LogP contribution is 2.37. The molecular weight excluding hydrogens is 264 g/mol. The van der Waals surface area contributed by atoms with Gasteiger partial charge in [-0.2, -0.15) is 0 Å². The SMILES string of the molecule is Nc1ccc(Cl)c(S(=O)(=O)NC2(CO)CC2)c1. The third-order valence-corrected chi connectivity index (χ3v) is 4.81. The lowest BCUT2D eigenvalue weighted by atomic mass is 10.3. The van der Waals surface area contributed by atoms with Crippen LogP contribution in [0.15, 0.2) is 23.1 Å². The molecule has 0 aromatic heterocycles. The fourth-order valence-corrected chi connectivity index (χ4v) is 3.50. The summed E-state index contributed by atoms with van der Waals surface area (Å²) in [6.07, 6.45) is 1.26. The minimum atomic E-state index is -3.74. The smallest absolute Gasteiger partial charge is 0.242 e. The summed E-state index contributed by atoms with van der Waals surface area (Å²) in [5.41, 5.74) is 5.14. The predicted molar refractivity (Wildman–Crippen MR) is 65.2 cm³/mol. The monoisotopic (exact) mass is 276 g/mol. The minimum absolute atomic E-state index is 0.0566. The van der Waals surface area contributed by atoms with Crippen LogP contribution in [0.3, 0.4) is 0 Å². The first-order valence-corrected chi connectivity index (χ1v) is 6.95. The molecule has 0 heterocycles. The van der Waals surface area contributed by atoms with E-state index in [2.05, 4.69) is 4.72 Å². The Morgan fingerprint density at radius 3 is 2.65 bits per heavy atom. The number of nitrogen functional groups attached to an aromatic ring is 1. The number of nitrogens with two attached hydrogens (primary N) is 1. The number of anilines is 1. The molecule has 1 aliphatic rings. The highest BCUT2D eigenvalue weighted by Gasteiger charge is 2.45. The van der Waals surface area contributed by atoms with Crippen molar-refractivity contribution in [2.45, 2.75) is 23.3 Å². The topological polar surface area (TPSA) is 92.4 Å². The van der Waals surface area contributed by atoms with Gasteiger partial charge in [0.2, 0.25) is 10.0 Å². The molecule has 0 saturated heterocycles. The maximum Gasteiger partial charge on any atom is 0.242 e. The van der Waals surface area contributed by atoms with E-state index in [1.807, 2.05) is 0 Å². The van der Waals surface area contributed by atoms with Gasteiger partial charge in [0.1, 0.15) is 4.90 Å². The molecule has 0 aliphatic heterocycles. The Labute approximate surface area is 105 Å². The van der Waals surface area contributed by atoms with Crippen molar-refractivity contribution in [1.82, 2.24) is 4.72 Å². The summed E-state index contributed by atoms with van der Waals surface area (Å²) in [7, 11) is -3.74. The zero-order valence-corrected chi connectivity index (χ0v) is 10.6. The second kappa shape index (κ2) is 4.13. The van der Waals surface area contributed by atoms with Crippen LogP contribution < -0.4 is 10.5 Å². The van der Waals surface area contributed by atoms with E-state index in [4.69, 9.17) is 22.4 Å². The second-order valence-corrected chi connectivity index (χ2v) is 6.29. The standard InChI is InChI=1S/C10H13ClN2O3S/c11-8-2-1-7(12)5-9(8)17(15,16)13-10(6-14)3-4-10/h1-2,5,13-14H,3-4,6,12H2. The number of aliphatic hydroxyl groups excluding tert-OH is 1. The quantitative estimate of drug-likeness (QED) is 0.707. The second-order valence-electron chi connectivity index (χ2n) is 4.23. The summed E-state index contributed by atoms with van der Waals surface area (Å²) in [6.45, 7) is -0.216. The third-order valence-electron chi connectivity index (χ3n) is 2.75. The van der Waals surface area contributed by atoms with Crippen molar-refractivity contribution in [3.05, 3.63) is 23.2 Å². The normalized spacial score (nSPS) is 18.0. The number of halogens is 1. The van der Waals surface area contributed by atoms with Crippen LogP contribution in [0.2, 0.25) is 5.02 Å². The number of hydrogen-bond acceptors (Lipinski definition) is 4. The van der Waals surface area contributed by atoms with Crippen LogP contribution in [0, 0.1) is 0 Å². The van der Waals surface area contributed by atoms with Crippen molar-refractivity contribution in [1.29, 1.82) is 0 Å². The molecule has 1 aromatic rings. The Bertz CT molecular complexity index is 540. The van der Waals surface area contributed by atoms with Crippen molar-refractivity contribution < 1.29 is 13.5 Å². The van der Waals surface area contributed by atoms with Gasteiger partial charge in [-0.15, -0.1) is 0 Å². The first kappa shape index (κ1) is 12.6. The number of benzene rings is 1. The highest BCUT2D eigenvalue weighted by atomic mass is 35.5. The fraction of sp³-hybridized carbons (Fsp3) is 0.400. The van der Waals surface area contributed by atoms with Crippen molar-refractivity contribution in [3.63, 3.8) is 0 Å². The summed E-state index contributed by atoms with van der Waals surface area (Å²) in [4.78, 5) is -0.0566. The predicted octanol–water partition coefficient (Wildman–Crippen LogP) is 0.725. The molecule has 1 aliphatic carbocycles. The van der Waals surface area contributed by atoms with Gasteiger partial charge in [-0.1, -0.05) is 11.6 Å². The van der Waals surface area contributed by atoms with Crippen LogP contribution >= 0.6 is 11.6 Å². The molecular formula is C10H13ClN2O3S. The zero-order chi connectivity index (χ0) is 12.7. The van der Waals surface area contributed by atoms with Crippen molar-refractivity contribution in [2.75, 3.05) is 12.3 Å². The van der Waals surface area contributed by atoms with E-state index in [1.54, 1.807) is 0 Å². The van der Waals surface area contributed by atoms with Crippen molar-refractivity contribution >= 4 is 27.3 Å². The molecule has 1 aromatic carbocycles. The van der Waals surface area contributed by atoms with Crippen molar-refractivity contribution in [2.24, 2.45) is 0 Å². The molecule has 5 nitrogen and oxygen atoms in total. The van der Waals surface area contributed by atoms with Gasteiger partial charge >= 0.3 is 0 Å². The summed E-state index contributed by atoms with van der Waals surface area (Å²) in [6, 6.07) is 4.27. The molecule has 0 radical (unpaired) electrons. The molecule has 1 saturated carbocycles.